The molecule has 0 amide bonds. The Morgan fingerprint density at radius 1 is 1.04 bits per heavy atom. The smallest absolute Gasteiger partial charge is 0.139 e. The second kappa shape index (κ2) is 7.32. The van der Waals surface area contributed by atoms with Gasteiger partial charge in [0.05, 0.1) is 6.54 Å². The van der Waals surface area contributed by atoms with Crippen LogP contribution >= 0.6 is 34.8 Å². The molecule has 0 radical (unpaired) electrons. The molecule has 25 heavy (non-hydrogen) atoms. The molecule has 0 unspecified atom stereocenters. The van der Waals surface area contributed by atoms with Crippen LogP contribution < -0.4 is 0 Å². The number of rotatable bonds is 5. The van der Waals surface area contributed by atoms with Crippen molar-refractivity contribution >= 4 is 34.8 Å². The monoisotopic (exact) mass is 397 g/mol. The molecular weight excluding hydrogens is 385 g/mol. The van der Waals surface area contributed by atoms with E-state index in [0.717, 1.165) is 0 Å². The highest BCUT2D eigenvalue weighted by Gasteiger charge is 2.40. The summed E-state index contributed by atoms with van der Waals surface area (Å²) < 4.78 is 1.43. The van der Waals surface area contributed by atoms with Crippen LogP contribution in [0.2, 0.25) is 15.1 Å². The van der Waals surface area contributed by atoms with Gasteiger partial charge in [-0.25, -0.2) is 9.67 Å². The second-order valence-electron chi connectivity index (χ2n) is 5.59. The molecule has 1 aromatic heterocycles. The van der Waals surface area contributed by atoms with E-state index in [1.54, 1.807) is 36.4 Å². The maximum Gasteiger partial charge on any atom is 0.139 e. The van der Waals surface area contributed by atoms with Crippen molar-refractivity contribution in [3.8, 4) is 0 Å². The quantitative estimate of drug-likeness (QED) is 0.684. The lowest BCUT2D eigenvalue weighted by atomic mass is 9.84. The Morgan fingerprint density at radius 3 is 2.32 bits per heavy atom. The van der Waals surface area contributed by atoms with E-state index in [2.05, 4.69) is 10.1 Å². The molecule has 130 valence electrons. The van der Waals surface area contributed by atoms with E-state index < -0.39 is 11.7 Å². The summed E-state index contributed by atoms with van der Waals surface area (Å²) in [7, 11) is 0. The average molecular weight is 399 g/mol. The van der Waals surface area contributed by atoms with Gasteiger partial charge in [-0.3, -0.25) is 0 Å². The summed E-state index contributed by atoms with van der Waals surface area (Å²) >= 11 is 18.1. The first kappa shape index (κ1) is 18.2. The Morgan fingerprint density at radius 2 is 1.72 bits per heavy atom. The van der Waals surface area contributed by atoms with Gasteiger partial charge in [0.25, 0.3) is 0 Å². The van der Waals surface area contributed by atoms with Crippen molar-refractivity contribution in [2.75, 3.05) is 0 Å². The largest absolute Gasteiger partial charge is 0.385 e. The topological polar surface area (TPSA) is 71.2 Å². The number of hydrogen-bond donors (Lipinski definition) is 2. The van der Waals surface area contributed by atoms with Gasteiger partial charge in [0, 0.05) is 20.6 Å². The van der Waals surface area contributed by atoms with Gasteiger partial charge in [0.1, 0.15) is 24.4 Å². The fourth-order valence-corrected chi connectivity index (χ4v) is 3.25. The molecule has 0 aliphatic rings. The number of halogens is 3. The zero-order chi connectivity index (χ0) is 18.0. The summed E-state index contributed by atoms with van der Waals surface area (Å²) in [5.74, 6) is 0. The Kier molecular flexibility index (Phi) is 5.32. The van der Waals surface area contributed by atoms with Crippen molar-refractivity contribution in [2.24, 2.45) is 0 Å². The Hall–Kier alpha value is -1.63. The fourth-order valence-electron chi connectivity index (χ4n) is 2.62. The maximum absolute atomic E-state index is 11.4. The molecule has 3 aromatic rings. The summed E-state index contributed by atoms with van der Waals surface area (Å²) in [6, 6.07) is 11.3. The van der Waals surface area contributed by atoms with Crippen LogP contribution in [0.1, 0.15) is 17.2 Å². The van der Waals surface area contributed by atoms with Crippen molar-refractivity contribution in [3.05, 3.63) is 81.3 Å². The molecule has 3 rings (SSSR count). The molecule has 0 saturated carbocycles. The molecule has 0 fully saturated rings. The molecule has 5 nitrogen and oxygen atoms in total. The van der Waals surface area contributed by atoms with Gasteiger partial charge < -0.3 is 10.2 Å². The molecule has 1 heterocycles. The summed E-state index contributed by atoms with van der Waals surface area (Å²) in [5.41, 5.74) is -0.898. The zero-order valence-electron chi connectivity index (χ0n) is 12.9. The number of hydrogen-bond acceptors (Lipinski definition) is 4. The molecule has 0 aliphatic carbocycles. The lowest BCUT2D eigenvalue weighted by Gasteiger charge is -2.34. The molecule has 2 aromatic carbocycles. The van der Waals surface area contributed by atoms with Crippen LogP contribution in [0.3, 0.4) is 0 Å². The van der Waals surface area contributed by atoms with Gasteiger partial charge in [0.2, 0.25) is 0 Å². The van der Waals surface area contributed by atoms with E-state index in [9.17, 15) is 10.2 Å². The molecule has 0 aliphatic heterocycles. The molecule has 2 atom stereocenters. The standard InChI is InChI=1S/C17H14Cl3N3O2/c18-12-3-1-11(2-4-12)17(25,8-23-10-21-9-22-23)16(24)14-6-5-13(19)7-15(14)20/h1-7,9-10,16,24-25H,8H2/t16-,17-/m0/s1. The van der Waals surface area contributed by atoms with E-state index in [4.69, 9.17) is 34.8 Å². The molecule has 0 bridgehead atoms. The lowest BCUT2D eigenvalue weighted by Crippen LogP contribution is -2.38. The predicted molar refractivity (Wildman–Crippen MR) is 96.8 cm³/mol. The van der Waals surface area contributed by atoms with Crippen molar-refractivity contribution in [1.29, 1.82) is 0 Å². The summed E-state index contributed by atoms with van der Waals surface area (Å²) in [6.07, 6.45) is 1.48. The summed E-state index contributed by atoms with van der Waals surface area (Å²) in [6.45, 7) is -0.0330. The van der Waals surface area contributed by atoms with Gasteiger partial charge >= 0.3 is 0 Å². The van der Waals surface area contributed by atoms with Crippen LogP contribution in [-0.2, 0) is 12.1 Å². The first-order valence-corrected chi connectivity index (χ1v) is 8.47. The van der Waals surface area contributed by atoms with Crippen molar-refractivity contribution in [1.82, 2.24) is 14.8 Å². The number of aliphatic hydroxyl groups is 2. The van der Waals surface area contributed by atoms with E-state index in [0.29, 0.717) is 21.2 Å². The van der Waals surface area contributed by atoms with E-state index in [-0.39, 0.29) is 11.6 Å². The van der Waals surface area contributed by atoms with Crippen LogP contribution in [0.5, 0.6) is 0 Å². The van der Waals surface area contributed by atoms with E-state index in [1.165, 1.54) is 23.4 Å². The van der Waals surface area contributed by atoms with Crippen molar-refractivity contribution in [3.63, 3.8) is 0 Å². The first-order chi connectivity index (χ1) is 11.9. The normalized spacial score (nSPS) is 14.9. The minimum absolute atomic E-state index is 0.0330. The van der Waals surface area contributed by atoms with Gasteiger partial charge in [-0.05, 0) is 29.8 Å². The third kappa shape index (κ3) is 3.81. The van der Waals surface area contributed by atoms with E-state index >= 15 is 0 Å². The molecule has 0 saturated heterocycles. The van der Waals surface area contributed by atoms with Crippen LogP contribution in [-0.4, -0.2) is 25.0 Å². The predicted octanol–water partition coefficient (Wildman–Crippen LogP) is 3.86. The Balaban J connectivity index is 2.07. The van der Waals surface area contributed by atoms with Crippen molar-refractivity contribution < 1.29 is 10.2 Å². The third-order valence-corrected chi connectivity index (χ3v) is 4.74. The van der Waals surface area contributed by atoms with Gasteiger partial charge in [-0.15, -0.1) is 0 Å². The SMILES string of the molecule is O[C@@H](c1ccc(Cl)cc1Cl)[C@](O)(Cn1cncn1)c1ccc(Cl)cc1. The number of benzene rings is 2. The van der Waals surface area contributed by atoms with Crippen LogP contribution in [0, 0.1) is 0 Å². The maximum atomic E-state index is 11.4. The summed E-state index contributed by atoms with van der Waals surface area (Å²) in [5, 5.41) is 27.6. The fraction of sp³-hybridized carbons (Fsp3) is 0.176. The number of aliphatic hydroxyl groups excluding tert-OH is 1. The Labute approximate surface area is 159 Å². The van der Waals surface area contributed by atoms with Crippen LogP contribution in [0.4, 0.5) is 0 Å². The van der Waals surface area contributed by atoms with Crippen molar-refractivity contribution in [2.45, 2.75) is 18.2 Å². The molecule has 2 N–H and O–H groups in total. The van der Waals surface area contributed by atoms with Gasteiger partial charge in [-0.2, -0.15) is 5.10 Å². The lowest BCUT2D eigenvalue weighted by molar-refractivity contribution is -0.0964. The number of aromatic nitrogens is 3. The molecular formula is C17H14Cl3N3O2. The molecule has 0 spiro atoms. The highest BCUT2D eigenvalue weighted by atomic mass is 35.5. The minimum atomic E-state index is -1.71. The van der Waals surface area contributed by atoms with Crippen LogP contribution in [0.15, 0.2) is 55.1 Å². The first-order valence-electron chi connectivity index (χ1n) is 7.34. The minimum Gasteiger partial charge on any atom is -0.385 e. The summed E-state index contributed by atoms with van der Waals surface area (Å²) in [4.78, 5) is 3.87. The zero-order valence-corrected chi connectivity index (χ0v) is 15.1. The van der Waals surface area contributed by atoms with E-state index in [1.807, 2.05) is 0 Å². The third-order valence-electron chi connectivity index (χ3n) is 3.92. The number of nitrogens with zero attached hydrogens (tertiary/aromatic N) is 3. The van der Waals surface area contributed by atoms with Crippen LogP contribution in [0.25, 0.3) is 0 Å². The highest BCUT2D eigenvalue weighted by Crippen LogP contribution is 2.40. The van der Waals surface area contributed by atoms with Gasteiger partial charge in [0.15, 0.2) is 0 Å². The highest BCUT2D eigenvalue weighted by molar-refractivity contribution is 6.35. The average Bonchev–Trinajstić information content (AvgIpc) is 3.07. The molecule has 8 heteroatoms. The second-order valence-corrected chi connectivity index (χ2v) is 6.87. The van der Waals surface area contributed by atoms with Gasteiger partial charge in [-0.1, -0.05) is 53.0 Å². The Bertz CT molecular complexity index is 856.